The van der Waals surface area contributed by atoms with Crippen molar-refractivity contribution in [3.63, 3.8) is 0 Å². The largest absolute Gasteiger partial charge is 0.502 e. The van der Waals surface area contributed by atoms with Crippen molar-refractivity contribution in [1.29, 1.82) is 0 Å². The van der Waals surface area contributed by atoms with Crippen LogP contribution in [0, 0.1) is 24.5 Å². The number of carbonyl (C=O) groups is 1. The predicted molar refractivity (Wildman–Crippen MR) is 144 cm³/mol. The van der Waals surface area contributed by atoms with Gasteiger partial charge in [-0.25, -0.2) is 4.39 Å². The fourth-order valence-electron chi connectivity index (χ4n) is 6.36. The Balaban J connectivity index is 1.63. The summed E-state index contributed by atoms with van der Waals surface area (Å²) in [6.07, 6.45) is 8.58. The minimum absolute atomic E-state index is 0.0129. The smallest absolute Gasteiger partial charge is 0.278 e. The van der Waals surface area contributed by atoms with E-state index in [1.54, 1.807) is 11.0 Å². The Bertz CT molecular complexity index is 1540. The van der Waals surface area contributed by atoms with Crippen LogP contribution in [-0.2, 0) is 0 Å². The minimum Gasteiger partial charge on any atom is -0.502 e. The van der Waals surface area contributed by atoms with E-state index < -0.39 is 40.3 Å². The highest BCUT2D eigenvalue weighted by molar-refractivity contribution is 7.10. The van der Waals surface area contributed by atoms with Crippen LogP contribution in [0.15, 0.2) is 52.8 Å². The van der Waals surface area contributed by atoms with Crippen molar-refractivity contribution in [3.05, 3.63) is 91.6 Å². The zero-order chi connectivity index (χ0) is 27.5. The van der Waals surface area contributed by atoms with Gasteiger partial charge in [0.05, 0.1) is 5.54 Å². The van der Waals surface area contributed by atoms with Crippen LogP contribution in [0.4, 0.5) is 8.78 Å². The Morgan fingerprint density at radius 3 is 2.67 bits per heavy atom. The molecular weight excluding hydrogens is 524 g/mol. The first-order valence-electron chi connectivity index (χ1n) is 13.1. The van der Waals surface area contributed by atoms with Gasteiger partial charge in [0.25, 0.3) is 5.91 Å². The first-order valence-corrected chi connectivity index (χ1v) is 14.0. The highest BCUT2D eigenvalue weighted by Gasteiger charge is 2.52. The molecule has 10 heteroatoms. The monoisotopic (exact) mass is 553 g/mol. The van der Waals surface area contributed by atoms with E-state index >= 15 is 4.39 Å². The van der Waals surface area contributed by atoms with Crippen LogP contribution in [0.3, 0.4) is 0 Å². The molecule has 2 aliphatic heterocycles. The molecule has 1 fully saturated rings. The molecule has 1 atom stereocenters. The van der Waals surface area contributed by atoms with Crippen LogP contribution in [0.25, 0.3) is 0 Å². The molecule has 1 spiro atoms. The van der Waals surface area contributed by atoms with Crippen molar-refractivity contribution in [2.24, 2.45) is 5.92 Å². The van der Waals surface area contributed by atoms with Gasteiger partial charge in [-0.05, 0) is 60.9 Å². The van der Waals surface area contributed by atoms with Crippen molar-refractivity contribution in [3.8, 4) is 11.5 Å². The molecule has 39 heavy (non-hydrogen) atoms. The molecule has 204 valence electrons. The fourth-order valence-corrected chi connectivity index (χ4v) is 7.09. The van der Waals surface area contributed by atoms with Gasteiger partial charge >= 0.3 is 0 Å². The number of aromatic nitrogens is 1. The molecule has 1 unspecified atom stereocenters. The summed E-state index contributed by atoms with van der Waals surface area (Å²) in [5.74, 6) is -3.00. The molecule has 0 radical (unpaired) electrons. The topological polar surface area (TPSA) is 75.0 Å². The predicted octanol–water partition coefficient (Wildman–Crippen LogP) is 5.24. The quantitative estimate of drug-likeness (QED) is 0.449. The standard InChI is InChI=1S/C29H29F2N3O4S/c1-3-5-18-14-29(15-18)10-4-12-38-27-20(6-7-21(30)23(27)31)24(19-9-13-39-17(19)2)34-16-32(29)28(37)25-26(36)22(35)8-11-33(25)34/h4,6-11,13,18,24,36H,3,5,12,14-16H2,1-2H3/b10-4+. The van der Waals surface area contributed by atoms with Gasteiger partial charge in [-0.1, -0.05) is 25.8 Å². The third-order valence-electron chi connectivity index (χ3n) is 8.20. The molecule has 7 nitrogen and oxygen atoms in total. The summed E-state index contributed by atoms with van der Waals surface area (Å²) < 4.78 is 37.2. The van der Waals surface area contributed by atoms with E-state index in [0.29, 0.717) is 24.3 Å². The Kier molecular flexibility index (Phi) is 6.25. The van der Waals surface area contributed by atoms with Crippen LogP contribution in [0.2, 0.25) is 0 Å². The number of hydrogen-bond donors (Lipinski definition) is 1. The number of aryl methyl sites for hydroxylation is 1. The van der Waals surface area contributed by atoms with Gasteiger partial charge in [0.1, 0.15) is 19.3 Å². The summed E-state index contributed by atoms with van der Waals surface area (Å²) in [4.78, 5) is 29.2. The molecule has 6 rings (SSSR count). The second-order valence-electron chi connectivity index (χ2n) is 10.5. The molecule has 1 saturated carbocycles. The van der Waals surface area contributed by atoms with Crippen molar-refractivity contribution in [1.82, 2.24) is 9.58 Å². The molecule has 3 aliphatic rings. The minimum atomic E-state index is -1.09. The van der Waals surface area contributed by atoms with E-state index in [9.17, 15) is 19.1 Å². The first kappa shape index (κ1) is 25.6. The zero-order valence-corrected chi connectivity index (χ0v) is 22.5. The number of hydrogen-bond acceptors (Lipinski definition) is 6. The van der Waals surface area contributed by atoms with Gasteiger partial charge in [-0.2, -0.15) is 4.39 Å². The van der Waals surface area contributed by atoms with Gasteiger partial charge in [0.15, 0.2) is 23.0 Å². The number of amides is 1. The lowest BCUT2D eigenvalue weighted by Gasteiger charge is -2.56. The maximum absolute atomic E-state index is 15.3. The van der Waals surface area contributed by atoms with Gasteiger partial charge in [-0.3, -0.25) is 19.3 Å². The third kappa shape index (κ3) is 3.95. The van der Waals surface area contributed by atoms with E-state index in [1.807, 2.05) is 29.5 Å². The normalized spacial score (nSPS) is 24.9. The van der Waals surface area contributed by atoms with Crippen molar-refractivity contribution >= 4 is 17.2 Å². The zero-order valence-electron chi connectivity index (χ0n) is 21.7. The van der Waals surface area contributed by atoms with E-state index in [0.717, 1.165) is 29.3 Å². The number of thiophene rings is 1. The molecule has 4 heterocycles. The molecule has 1 amide bonds. The average molecular weight is 554 g/mol. The van der Waals surface area contributed by atoms with Crippen LogP contribution in [0.1, 0.15) is 65.1 Å². The van der Waals surface area contributed by atoms with Crippen molar-refractivity contribution in [2.45, 2.75) is 51.1 Å². The van der Waals surface area contributed by atoms with Crippen LogP contribution in [-0.4, -0.2) is 39.4 Å². The molecule has 3 aromatic rings. The van der Waals surface area contributed by atoms with Crippen LogP contribution >= 0.6 is 11.3 Å². The van der Waals surface area contributed by atoms with E-state index in [1.165, 1.54) is 34.3 Å². The van der Waals surface area contributed by atoms with Crippen molar-refractivity contribution < 1.29 is 23.4 Å². The van der Waals surface area contributed by atoms with E-state index in [2.05, 4.69) is 6.92 Å². The number of nitrogens with zero attached hydrogens (tertiary/aromatic N) is 3. The average Bonchev–Trinajstić information content (AvgIpc) is 3.30. The maximum atomic E-state index is 15.3. The SMILES string of the molecule is CCCC1CC2(/C=C/COc3c(ccc(F)c3F)C(c3ccsc3C)N3CN2C(=O)c2c(O)c(=O)ccn23)C1. The summed E-state index contributed by atoms with van der Waals surface area (Å²) in [5, 5.41) is 14.6. The Morgan fingerprint density at radius 1 is 1.15 bits per heavy atom. The number of rotatable bonds is 3. The molecule has 1 N–H and O–H groups in total. The number of carbonyl (C=O) groups excluding carboxylic acids is 1. The van der Waals surface area contributed by atoms with Crippen LogP contribution < -0.4 is 15.2 Å². The summed E-state index contributed by atoms with van der Waals surface area (Å²) >= 11 is 1.51. The summed E-state index contributed by atoms with van der Waals surface area (Å²) in [6, 6.07) is 4.95. The number of ether oxygens (including phenoxy) is 1. The maximum Gasteiger partial charge on any atom is 0.278 e. The Hall–Kier alpha value is -3.66. The fraction of sp³-hybridized carbons (Fsp3) is 0.379. The molecule has 1 aromatic carbocycles. The van der Waals surface area contributed by atoms with Crippen LogP contribution in [0.5, 0.6) is 11.5 Å². The third-order valence-corrected chi connectivity index (χ3v) is 9.06. The summed E-state index contributed by atoms with van der Waals surface area (Å²) in [6.45, 7) is 4.14. The Morgan fingerprint density at radius 2 is 1.95 bits per heavy atom. The van der Waals surface area contributed by atoms with Gasteiger partial charge in [-0.15, -0.1) is 11.3 Å². The van der Waals surface area contributed by atoms with Gasteiger partial charge < -0.3 is 14.7 Å². The highest BCUT2D eigenvalue weighted by Crippen LogP contribution is 2.49. The molecule has 2 aromatic heterocycles. The Labute approximate surface area is 228 Å². The molecule has 0 saturated heterocycles. The van der Waals surface area contributed by atoms with Gasteiger partial charge in [0, 0.05) is 22.7 Å². The molecule has 2 bridgehead atoms. The highest BCUT2D eigenvalue weighted by atomic mass is 32.1. The number of pyridine rings is 1. The van der Waals surface area contributed by atoms with E-state index in [-0.39, 0.29) is 24.7 Å². The second kappa shape index (κ2) is 9.51. The summed E-state index contributed by atoms with van der Waals surface area (Å²) in [5.41, 5.74) is -0.300. The first-order chi connectivity index (χ1) is 18.8. The molecule has 1 aliphatic carbocycles. The number of halogens is 2. The number of benzene rings is 1. The lowest BCUT2D eigenvalue weighted by atomic mass is 9.65. The molecular formula is C29H29F2N3O4S. The lowest BCUT2D eigenvalue weighted by Crippen LogP contribution is -2.66. The van der Waals surface area contributed by atoms with Gasteiger partial charge in [0.2, 0.25) is 11.2 Å². The van der Waals surface area contributed by atoms with E-state index in [4.69, 9.17) is 4.74 Å². The van der Waals surface area contributed by atoms with Crippen molar-refractivity contribution in [2.75, 3.05) is 18.3 Å². The number of fused-ring (bicyclic) bond motifs is 6. The lowest BCUT2D eigenvalue weighted by molar-refractivity contribution is 0.00110. The summed E-state index contributed by atoms with van der Waals surface area (Å²) in [7, 11) is 0. The second-order valence-corrected chi connectivity index (χ2v) is 11.7. The number of aromatic hydroxyl groups is 1.